The summed E-state index contributed by atoms with van der Waals surface area (Å²) in [6.07, 6.45) is 5.54. The molecule has 19 heavy (non-hydrogen) atoms. The van der Waals surface area contributed by atoms with Crippen molar-refractivity contribution in [1.29, 1.82) is 0 Å². The fraction of sp³-hybridized carbons (Fsp3) is 0.133. The lowest BCUT2D eigenvalue weighted by Gasteiger charge is -2.00. The number of hydrogen-bond donors (Lipinski definition) is 1. The van der Waals surface area contributed by atoms with Gasteiger partial charge in [0, 0.05) is 23.9 Å². The molecule has 2 N–H and O–H groups in total. The Bertz CT molecular complexity index is 655. The van der Waals surface area contributed by atoms with Crippen LogP contribution in [0.25, 0.3) is 11.1 Å². The van der Waals surface area contributed by atoms with Gasteiger partial charge in [0.2, 0.25) is 0 Å². The van der Waals surface area contributed by atoms with E-state index in [9.17, 15) is 0 Å². The monoisotopic (exact) mass is 253 g/mol. The molecule has 0 spiro atoms. The van der Waals surface area contributed by atoms with Gasteiger partial charge in [-0.15, -0.1) is 0 Å². The van der Waals surface area contributed by atoms with Crippen LogP contribution in [0.2, 0.25) is 0 Å². The number of nitrogens with zero attached hydrogens (tertiary/aromatic N) is 2. The number of benzene rings is 1. The summed E-state index contributed by atoms with van der Waals surface area (Å²) in [6.45, 7) is 1.09. The molecule has 96 valence electrons. The van der Waals surface area contributed by atoms with Crippen LogP contribution in [0.5, 0.6) is 0 Å². The maximum atomic E-state index is 5.66. The second-order valence-electron chi connectivity index (χ2n) is 4.37. The van der Waals surface area contributed by atoms with Crippen molar-refractivity contribution in [2.45, 2.75) is 13.1 Å². The number of furan rings is 1. The zero-order valence-electron chi connectivity index (χ0n) is 10.5. The normalized spacial score (nSPS) is 10.8. The summed E-state index contributed by atoms with van der Waals surface area (Å²) in [7, 11) is 0. The van der Waals surface area contributed by atoms with E-state index in [1.165, 1.54) is 0 Å². The lowest BCUT2D eigenvalue weighted by Crippen LogP contribution is -2.04. The highest BCUT2D eigenvalue weighted by atomic mass is 16.3. The number of hydrogen-bond acceptors (Lipinski definition) is 3. The Morgan fingerprint density at radius 1 is 1.11 bits per heavy atom. The average molecular weight is 253 g/mol. The Labute approximate surface area is 111 Å². The van der Waals surface area contributed by atoms with Crippen molar-refractivity contribution in [3.63, 3.8) is 0 Å². The zero-order chi connectivity index (χ0) is 13.1. The predicted octanol–water partition coefficient (Wildman–Crippen LogP) is 2.65. The first-order valence-corrected chi connectivity index (χ1v) is 6.20. The van der Waals surface area contributed by atoms with Gasteiger partial charge in [0.1, 0.15) is 5.76 Å². The van der Waals surface area contributed by atoms with Crippen molar-refractivity contribution in [3.05, 3.63) is 66.4 Å². The topological polar surface area (TPSA) is 57.0 Å². The van der Waals surface area contributed by atoms with Crippen LogP contribution < -0.4 is 5.73 Å². The van der Waals surface area contributed by atoms with Gasteiger partial charge in [0.05, 0.1) is 19.0 Å². The summed E-state index contributed by atoms with van der Waals surface area (Å²) in [5, 5.41) is 4.36. The van der Waals surface area contributed by atoms with Gasteiger partial charge in [-0.2, -0.15) is 5.10 Å². The van der Waals surface area contributed by atoms with Crippen molar-refractivity contribution in [1.82, 2.24) is 9.78 Å². The zero-order valence-corrected chi connectivity index (χ0v) is 10.5. The van der Waals surface area contributed by atoms with E-state index in [4.69, 9.17) is 10.2 Å². The highest BCUT2D eigenvalue weighted by Gasteiger charge is 2.07. The van der Waals surface area contributed by atoms with Gasteiger partial charge in [-0.3, -0.25) is 4.68 Å². The highest BCUT2D eigenvalue weighted by molar-refractivity contribution is 5.61. The molecule has 3 rings (SSSR count). The summed E-state index contributed by atoms with van der Waals surface area (Å²) in [5.74, 6) is 0.866. The molecule has 1 aromatic carbocycles. The average Bonchev–Trinajstić information content (AvgIpc) is 3.09. The van der Waals surface area contributed by atoms with E-state index < -0.39 is 0 Å². The minimum atomic E-state index is 0.485. The molecule has 0 atom stereocenters. The van der Waals surface area contributed by atoms with Gasteiger partial charge < -0.3 is 10.2 Å². The molecule has 0 radical (unpaired) electrons. The Morgan fingerprint density at radius 3 is 2.74 bits per heavy atom. The fourth-order valence-electron chi connectivity index (χ4n) is 2.06. The molecule has 2 aromatic heterocycles. The van der Waals surface area contributed by atoms with Crippen LogP contribution in [0.4, 0.5) is 0 Å². The van der Waals surface area contributed by atoms with Crippen LogP contribution in [0.15, 0.2) is 59.5 Å². The number of aromatic nitrogens is 2. The van der Waals surface area contributed by atoms with E-state index in [0.717, 1.165) is 22.5 Å². The van der Waals surface area contributed by atoms with Crippen molar-refractivity contribution >= 4 is 0 Å². The summed E-state index contributed by atoms with van der Waals surface area (Å²) in [6, 6.07) is 12.1. The van der Waals surface area contributed by atoms with Crippen LogP contribution >= 0.6 is 0 Å². The van der Waals surface area contributed by atoms with Crippen molar-refractivity contribution in [2.75, 3.05) is 0 Å². The lowest BCUT2D eigenvalue weighted by molar-refractivity contribution is 0.475. The Kier molecular flexibility index (Phi) is 3.16. The molecule has 0 aliphatic carbocycles. The molecular formula is C15H15N3O. The second kappa shape index (κ2) is 5.12. The maximum absolute atomic E-state index is 5.66. The molecule has 0 aliphatic heterocycles. The molecule has 0 unspecified atom stereocenters. The SMILES string of the molecule is NCc1ccoc1Cn1cc(-c2ccccc2)cn1. The third-order valence-corrected chi connectivity index (χ3v) is 3.10. The standard InChI is InChI=1S/C15H15N3O/c16-8-13-6-7-19-15(13)11-18-10-14(9-17-18)12-4-2-1-3-5-12/h1-7,9-10H,8,11,16H2. The molecule has 2 heterocycles. The van der Waals surface area contributed by atoms with Crippen LogP contribution in [0, 0.1) is 0 Å². The molecule has 0 saturated carbocycles. The molecule has 0 fully saturated rings. The third-order valence-electron chi connectivity index (χ3n) is 3.10. The van der Waals surface area contributed by atoms with Crippen molar-refractivity contribution < 1.29 is 4.42 Å². The van der Waals surface area contributed by atoms with Crippen molar-refractivity contribution in [2.24, 2.45) is 5.73 Å². The van der Waals surface area contributed by atoms with Gasteiger partial charge in [0.25, 0.3) is 0 Å². The van der Waals surface area contributed by atoms with Gasteiger partial charge in [0.15, 0.2) is 0 Å². The largest absolute Gasteiger partial charge is 0.467 e. The van der Waals surface area contributed by atoms with Gasteiger partial charge in [-0.05, 0) is 11.6 Å². The van der Waals surface area contributed by atoms with E-state index in [1.807, 2.05) is 41.3 Å². The van der Waals surface area contributed by atoms with Gasteiger partial charge >= 0.3 is 0 Å². The molecule has 0 saturated heterocycles. The first kappa shape index (κ1) is 11.7. The maximum Gasteiger partial charge on any atom is 0.129 e. The van der Waals surface area contributed by atoms with Crippen molar-refractivity contribution in [3.8, 4) is 11.1 Å². The van der Waals surface area contributed by atoms with E-state index in [1.54, 1.807) is 6.26 Å². The third kappa shape index (κ3) is 2.44. The van der Waals surface area contributed by atoms with Gasteiger partial charge in [-0.1, -0.05) is 30.3 Å². The minimum Gasteiger partial charge on any atom is -0.467 e. The summed E-state index contributed by atoms with van der Waals surface area (Å²) < 4.78 is 7.30. The predicted molar refractivity (Wildman–Crippen MR) is 73.4 cm³/mol. The molecule has 0 aliphatic rings. The highest BCUT2D eigenvalue weighted by Crippen LogP contribution is 2.19. The smallest absolute Gasteiger partial charge is 0.129 e. The van der Waals surface area contributed by atoms with E-state index in [0.29, 0.717) is 13.1 Å². The molecule has 4 nitrogen and oxygen atoms in total. The molecule has 0 bridgehead atoms. The first-order chi connectivity index (χ1) is 9.36. The molecular weight excluding hydrogens is 238 g/mol. The van der Waals surface area contributed by atoms with Crippen LogP contribution in [0.3, 0.4) is 0 Å². The van der Waals surface area contributed by atoms with E-state index in [-0.39, 0.29) is 0 Å². The molecule has 3 aromatic rings. The second-order valence-corrected chi connectivity index (χ2v) is 4.37. The Morgan fingerprint density at radius 2 is 1.95 bits per heavy atom. The lowest BCUT2D eigenvalue weighted by atomic mass is 10.1. The summed E-state index contributed by atoms with van der Waals surface area (Å²) in [4.78, 5) is 0. The molecule has 0 amide bonds. The van der Waals surface area contributed by atoms with Crippen LogP contribution in [0.1, 0.15) is 11.3 Å². The van der Waals surface area contributed by atoms with E-state index >= 15 is 0 Å². The number of rotatable bonds is 4. The fourth-order valence-corrected chi connectivity index (χ4v) is 2.06. The Balaban J connectivity index is 1.82. The first-order valence-electron chi connectivity index (χ1n) is 6.20. The van der Waals surface area contributed by atoms with Crippen LogP contribution in [-0.4, -0.2) is 9.78 Å². The minimum absolute atomic E-state index is 0.485. The molecule has 4 heteroatoms. The Hall–Kier alpha value is -2.33. The van der Waals surface area contributed by atoms with Crippen LogP contribution in [-0.2, 0) is 13.1 Å². The van der Waals surface area contributed by atoms with E-state index in [2.05, 4.69) is 17.2 Å². The quantitative estimate of drug-likeness (QED) is 0.777. The summed E-state index contributed by atoms with van der Waals surface area (Å²) >= 11 is 0. The summed E-state index contributed by atoms with van der Waals surface area (Å²) in [5.41, 5.74) is 8.94. The van der Waals surface area contributed by atoms with Gasteiger partial charge in [-0.25, -0.2) is 0 Å². The number of nitrogens with two attached hydrogens (primary N) is 1.